The summed E-state index contributed by atoms with van der Waals surface area (Å²) in [4.78, 5) is 17.3. The molecule has 5 rings (SSSR count). The molecule has 5 aromatic rings. The molecule has 0 aliphatic heterocycles. The lowest BCUT2D eigenvalue weighted by Crippen LogP contribution is -2.17. The fourth-order valence-electron chi connectivity index (χ4n) is 3.73. The van der Waals surface area contributed by atoms with Gasteiger partial charge in [-0.2, -0.15) is 0 Å². The average Bonchev–Trinajstić information content (AvgIpc) is 3.32. The van der Waals surface area contributed by atoms with E-state index in [1.807, 2.05) is 30.3 Å². The van der Waals surface area contributed by atoms with Crippen LogP contribution in [0.1, 0.15) is 0 Å². The molecule has 0 saturated heterocycles. The third kappa shape index (κ3) is 6.03. The molecule has 1 aromatic heterocycles. The lowest BCUT2D eigenvalue weighted by atomic mass is 10.3. The predicted molar refractivity (Wildman–Crippen MR) is 153 cm³/mol. The fourth-order valence-corrected chi connectivity index (χ4v) is 6.36. The minimum absolute atomic E-state index is 0.0399. The fraction of sp³-hybridized carbons (Fsp3) is 0.0714. The Bertz CT molecular complexity index is 1720. The van der Waals surface area contributed by atoms with Crippen LogP contribution < -0.4 is 14.8 Å². The molecule has 39 heavy (non-hydrogen) atoms. The molecule has 0 unspecified atom stereocenters. The number of thioether (sulfide) groups is 1. The number of nitrogens with zero attached hydrogens (tertiary/aromatic N) is 2. The quantitative estimate of drug-likeness (QED) is 0.200. The number of hydrogen-bond acceptors (Lipinski definition) is 7. The number of amides is 1. The van der Waals surface area contributed by atoms with Crippen LogP contribution in [0.5, 0.6) is 17.2 Å². The van der Waals surface area contributed by atoms with Gasteiger partial charge in [0.25, 0.3) is 10.0 Å². The van der Waals surface area contributed by atoms with Gasteiger partial charge in [0.15, 0.2) is 5.16 Å². The lowest BCUT2D eigenvalue weighted by Gasteiger charge is -2.11. The number of ether oxygens (including phenoxy) is 2. The summed E-state index contributed by atoms with van der Waals surface area (Å²) in [6.45, 7) is 0. The van der Waals surface area contributed by atoms with E-state index >= 15 is 0 Å². The number of para-hydroxylation sites is 1. The molecule has 198 valence electrons. The Balaban J connectivity index is 1.35. The first-order chi connectivity index (χ1) is 18.8. The summed E-state index contributed by atoms with van der Waals surface area (Å²) in [5.74, 6) is 1.42. The molecule has 8 nitrogen and oxygen atoms in total. The molecule has 11 heteroatoms. The van der Waals surface area contributed by atoms with Crippen LogP contribution in [0.3, 0.4) is 0 Å². The largest absolute Gasteiger partial charge is 0.497 e. The summed E-state index contributed by atoms with van der Waals surface area (Å²) >= 11 is 6.97. The van der Waals surface area contributed by atoms with E-state index in [9.17, 15) is 13.2 Å². The number of nitrogens with one attached hydrogen (secondary N) is 1. The van der Waals surface area contributed by atoms with Crippen molar-refractivity contribution in [2.45, 2.75) is 10.1 Å². The van der Waals surface area contributed by atoms with Gasteiger partial charge < -0.3 is 14.8 Å². The van der Waals surface area contributed by atoms with Gasteiger partial charge >= 0.3 is 0 Å². The van der Waals surface area contributed by atoms with Crippen molar-refractivity contribution < 1.29 is 22.7 Å². The van der Waals surface area contributed by atoms with Gasteiger partial charge in [-0.1, -0.05) is 41.6 Å². The van der Waals surface area contributed by atoms with Crippen LogP contribution in [-0.4, -0.2) is 36.1 Å². The summed E-state index contributed by atoms with van der Waals surface area (Å²) in [5.41, 5.74) is 1.36. The normalized spacial score (nSPS) is 11.3. The van der Waals surface area contributed by atoms with E-state index in [1.165, 1.54) is 31.4 Å². The van der Waals surface area contributed by atoms with Gasteiger partial charge in [0.05, 0.1) is 28.8 Å². The second-order valence-electron chi connectivity index (χ2n) is 8.25. The van der Waals surface area contributed by atoms with Crippen molar-refractivity contribution in [3.63, 3.8) is 0 Å². The van der Waals surface area contributed by atoms with Gasteiger partial charge in [-0.25, -0.2) is 17.4 Å². The van der Waals surface area contributed by atoms with Crippen LogP contribution in [0, 0.1) is 0 Å². The van der Waals surface area contributed by atoms with Crippen molar-refractivity contribution in [3.8, 4) is 17.2 Å². The minimum Gasteiger partial charge on any atom is -0.497 e. The second-order valence-corrected chi connectivity index (χ2v) is 11.4. The zero-order chi connectivity index (χ0) is 27.4. The van der Waals surface area contributed by atoms with E-state index in [1.54, 1.807) is 42.5 Å². The Morgan fingerprint density at radius 2 is 1.59 bits per heavy atom. The molecule has 0 aliphatic rings. The first-order valence-corrected chi connectivity index (χ1v) is 14.5. The Hall–Kier alpha value is -3.99. The van der Waals surface area contributed by atoms with E-state index in [2.05, 4.69) is 10.3 Å². The van der Waals surface area contributed by atoms with Gasteiger partial charge in [-0.3, -0.25) is 4.79 Å². The number of imidazole rings is 1. The zero-order valence-corrected chi connectivity index (χ0v) is 23.0. The lowest BCUT2D eigenvalue weighted by molar-refractivity contribution is -0.113. The van der Waals surface area contributed by atoms with E-state index in [0.29, 0.717) is 39.0 Å². The number of benzene rings is 4. The number of methoxy groups -OCH3 is 1. The summed E-state index contributed by atoms with van der Waals surface area (Å²) in [7, 11) is -2.56. The molecular formula is C28H22ClN3O5S2. The van der Waals surface area contributed by atoms with Crippen LogP contribution in [0.25, 0.3) is 11.0 Å². The summed E-state index contributed by atoms with van der Waals surface area (Å²) in [5, 5.41) is 3.38. The third-order valence-corrected chi connectivity index (χ3v) is 8.62. The van der Waals surface area contributed by atoms with Gasteiger partial charge in [0.1, 0.15) is 17.2 Å². The highest BCUT2D eigenvalue weighted by Gasteiger charge is 2.25. The maximum Gasteiger partial charge on any atom is 0.270 e. The van der Waals surface area contributed by atoms with E-state index in [0.717, 1.165) is 15.7 Å². The van der Waals surface area contributed by atoms with Gasteiger partial charge in [-0.15, -0.1) is 0 Å². The van der Waals surface area contributed by atoms with E-state index in [4.69, 9.17) is 21.1 Å². The number of hydrogen-bond donors (Lipinski definition) is 1. The first kappa shape index (κ1) is 26.6. The van der Waals surface area contributed by atoms with Crippen LogP contribution in [-0.2, 0) is 14.8 Å². The Morgan fingerprint density at radius 3 is 2.28 bits per heavy atom. The van der Waals surface area contributed by atoms with Crippen LogP contribution in [0.4, 0.5) is 5.69 Å². The second kappa shape index (κ2) is 11.4. The maximum atomic E-state index is 13.7. The van der Waals surface area contributed by atoms with Crippen molar-refractivity contribution in [1.82, 2.24) is 8.96 Å². The maximum absolute atomic E-state index is 13.7. The molecule has 0 radical (unpaired) electrons. The molecule has 0 aliphatic carbocycles. The predicted octanol–water partition coefficient (Wildman–Crippen LogP) is 6.46. The number of carbonyl (C=O) groups is 1. The molecule has 4 aromatic carbocycles. The third-order valence-electron chi connectivity index (χ3n) is 5.59. The van der Waals surface area contributed by atoms with Crippen LogP contribution in [0.2, 0.25) is 5.02 Å². The molecule has 0 bridgehead atoms. The number of aromatic nitrogens is 2. The monoisotopic (exact) mass is 579 g/mol. The van der Waals surface area contributed by atoms with Crippen molar-refractivity contribution in [1.29, 1.82) is 0 Å². The SMILES string of the molecule is COc1ccc2nc(SCC(=O)Nc3ccc(Oc4ccccc4)cc3)n(S(=O)(=O)c3ccc(Cl)cc3)c2c1. The Morgan fingerprint density at radius 1 is 0.923 bits per heavy atom. The Labute approximate surface area is 234 Å². The molecule has 1 amide bonds. The van der Waals surface area contributed by atoms with Crippen LogP contribution >= 0.6 is 23.4 Å². The van der Waals surface area contributed by atoms with E-state index < -0.39 is 10.0 Å². The topological polar surface area (TPSA) is 99.5 Å². The molecule has 0 fully saturated rings. The molecule has 1 N–H and O–H groups in total. The number of halogens is 1. The highest BCUT2D eigenvalue weighted by atomic mass is 35.5. The number of carbonyl (C=O) groups excluding carboxylic acids is 1. The van der Waals surface area contributed by atoms with Crippen molar-refractivity contribution in [3.05, 3.63) is 102 Å². The van der Waals surface area contributed by atoms with Gasteiger partial charge in [0.2, 0.25) is 5.91 Å². The first-order valence-electron chi connectivity index (χ1n) is 11.7. The molecule has 1 heterocycles. The minimum atomic E-state index is -4.06. The number of fused-ring (bicyclic) bond motifs is 1. The summed E-state index contributed by atoms with van der Waals surface area (Å²) in [6.07, 6.45) is 0. The summed E-state index contributed by atoms with van der Waals surface area (Å²) < 4.78 is 39.5. The standard InChI is InChI=1S/C28H22ClN3O5S2/c1-36-23-13-16-25-26(17-23)32(39(34,35)24-14-7-19(29)8-15-24)28(31-25)38-18-27(33)30-20-9-11-22(12-10-20)37-21-5-3-2-4-6-21/h2-17H,18H2,1H3,(H,30,33). The molecular weight excluding hydrogens is 558 g/mol. The van der Waals surface area contributed by atoms with Crippen molar-refractivity contribution in [2.24, 2.45) is 0 Å². The Kier molecular flexibility index (Phi) is 7.78. The molecule has 0 atom stereocenters. The highest BCUT2D eigenvalue weighted by Crippen LogP contribution is 2.32. The average molecular weight is 580 g/mol. The highest BCUT2D eigenvalue weighted by molar-refractivity contribution is 8.00. The van der Waals surface area contributed by atoms with E-state index in [-0.39, 0.29) is 21.7 Å². The molecule has 0 spiro atoms. The van der Waals surface area contributed by atoms with Gasteiger partial charge in [0, 0.05) is 16.8 Å². The molecule has 0 saturated carbocycles. The smallest absolute Gasteiger partial charge is 0.270 e. The zero-order valence-electron chi connectivity index (χ0n) is 20.6. The number of rotatable bonds is 9. The van der Waals surface area contributed by atoms with Crippen LogP contribution in [0.15, 0.2) is 107 Å². The van der Waals surface area contributed by atoms with Gasteiger partial charge in [-0.05, 0) is 72.8 Å². The number of anilines is 1. The van der Waals surface area contributed by atoms with Crippen molar-refractivity contribution in [2.75, 3.05) is 18.2 Å². The summed E-state index contributed by atoms with van der Waals surface area (Å²) in [6, 6.07) is 27.2. The van der Waals surface area contributed by atoms with Crippen molar-refractivity contribution >= 4 is 56.0 Å².